The van der Waals surface area contributed by atoms with Crippen molar-refractivity contribution in [2.24, 2.45) is 17.8 Å². The number of amides is 2. The number of carboxylic acids is 1. The Labute approximate surface area is 102 Å². The SMILES string of the molecule is CCC(C)C(NC(=O)NCC1CC1C)C(=O)O. The zero-order valence-corrected chi connectivity index (χ0v) is 10.7. The number of carboxylic acid groups (broad SMARTS) is 1. The fourth-order valence-corrected chi connectivity index (χ4v) is 1.78. The molecule has 4 atom stereocenters. The van der Waals surface area contributed by atoms with Gasteiger partial charge in [-0.1, -0.05) is 27.2 Å². The summed E-state index contributed by atoms with van der Waals surface area (Å²) < 4.78 is 0. The first-order valence-corrected chi connectivity index (χ1v) is 6.22. The summed E-state index contributed by atoms with van der Waals surface area (Å²) >= 11 is 0. The highest BCUT2D eigenvalue weighted by molar-refractivity contribution is 5.82. The number of hydrogen-bond donors (Lipinski definition) is 3. The van der Waals surface area contributed by atoms with Crippen molar-refractivity contribution in [3.63, 3.8) is 0 Å². The molecule has 1 saturated carbocycles. The molecule has 5 heteroatoms. The van der Waals surface area contributed by atoms with E-state index in [0.29, 0.717) is 18.4 Å². The van der Waals surface area contributed by atoms with Crippen molar-refractivity contribution in [1.82, 2.24) is 10.6 Å². The maximum absolute atomic E-state index is 11.5. The lowest BCUT2D eigenvalue weighted by Gasteiger charge is -2.20. The van der Waals surface area contributed by atoms with Crippen LogP contribution >= 0.6 is 0 Å². The molecule has 0 spiro atoms. The summed E-state index contributed by atoms with van der Waals surface area (Å²) in [4.78, 5) is 22.5. The molecule has 0 radical (unpaired) electrons. The highest BCUT2D eigenvalue weighted by atomic mass is 16.4. The van der Waals surface area contributed by atoms with Gasteiger partial charge in [0.2, 0.25) is 0 Å². The van der Waals surface area contributed by atoms with Crippen LogP contribution in [0.5, 0.6) is 0 Å². The van der Waals surface area contributed by atoms with Crippen LogP contribution in [0.1, 0.15) is 33.6 Å². The monoisotopic (exact) mass is 242 g/mol. The molecule has 0 heterocycles. The third kappa shape index (κ3) is 4.24. The molecule has 1 rings (SSSR count). The molecular formula is C12H22N2O3. The molecule has 0 aromatic heterocycles. The molecule has 1 fully saturated rings. The second kappa shape index (κ2) is 5.89. The van der Waals surface area contributed by atoms with Crippen molar-refractivity contribution in [1.29, 1.82) is 0 Å². The van der Waals surface area contributed by atoms with Crippen LogP contribution < -0.4 is 10.6 Å². The summed E-state index contributed by atoms with van der Waals surface area (Å²) in [5.74, 6) is 0.195. The van der Waals surface area contributed by atoms with Crippen molar-refractivity contribution >= 4 is 12.0 Å². The van der Waals surface area contributed by atoms with E-state index < -0.39 is 12.0 Å². The van der Waals surface area contributed by atoms with Crippen LogP contribution in [-0.2, 0) is 4.79 Å². The van der Waals surface area contributed by atoms with Gasteiger partial charge in [-0.2, -0.15) is 0 Å². The van der Waals surface area contributed by atoms with Gasteiger partial charge in [-0.15, -0.1) is 0 Å². The van der Waals surface area contributed by atoms with Gasteiger partial charge >= 0.3 is 12.0 Å². The van der Waals surface area contributed by atoms with Gasteiger partial charge in [-0.3, -0.25) is 0 Å². The number of rotatable bonds is 6. The predicted octanol–water partition coefficient (Wildman–Crippen LogP) is 1.44. The van der Waals surface area contributed by atoms with Crippen molar-refractivity contribution in [2.45, 2.75) is 39.7 Å². The van der Waals surface area contributed by atoms with Crippen molar-refractivity contribution in [2.75, 3.05) is 6.54 Å². The molecule has 0 aromatic carbocycles. The highest BCUT2D eigenvalue weighted by Crippen LogP contribution is 2.36. The third-order valence-electron chi connectivity index (χ3n) is 3.57. The van der Waals surface area contributed by atoms with Gasteiger partial charge in [-0.05, 0) is 24.2 Å². The summed E-state index contributed by atoms with van der Waals surface area (Å²) in [5, 5.41) is 14.3. The average Bonchev–Trinajstić information content (AvgIpc) is 2.98. The third-order valence-corrected chi connectivity index (χ3v) is 3.57. The average molecular weight is 242 g/mol. The van der Waals surface area contributed by atoms with E-state index in [1.807, 2.05) is 13.8 Å². The van der Waals surface area contributed by atoms with Gasteiger partial charge in [0.1, 0.15) is 6.04 Å². The molecule has 0 aliphatic heterocycles. The predicted molar refractivity (Wildman–Crippen MR) is 64.7 cm³/mol. The molecule has 1 aliphatic rings. The van der Waals surface area contributed by atoms with E-state index >= 15 is 0 Å². The maximum atomic E-state index is 11.5. The molecule has 0 saturated heterocycles. The Morgan fingerprint density at radius 1 is 1.47 bits per heavy atom. The van der Waals surface area contributed by atoms with Crippen LogP contribution in [0.25, 0.3) is 0 Å². The molecular weight excluding hydrogens is 220 g/mol. The van der Waals surface area contributed by atoms with Gasteiger partial charge in [0.25, 0.3) is 0 Å². The first kappa shape index (κ1) is 13.8. The molecule has 98 valence electrons. The Bertz CT molecular complexity index is 293. The van der Waals surface area contributed by atoms with Gasteiger partial charge < -0.3 is 15.7 Å². The molecule has 4 unspecified atom stereocenters. The van der Waals surface area contributed by atoms with Crippen LogP contribution in [0.4, 0.5) is 4.79 Å². The standard InChI is InChI=1S/C12H22N2O3/c1-4-7(2)10(11(15)16)14-12(17)13-6-9-5-8(9)3/h7-10H,4-6H2,1-3H3,(H,15,16)(H2,13,14,17). The smallest absolute Gasteiger partial charge is 0.326 e. The van der Waals surface area contributed by atoms with E-state index in [-0.39, 0.29) is 11.9 Å². The fourth-order valence-electron chi connectivity index (χ4n) is 1.78. The van der Waals surface area contributed by atoms with Gasteiger partial charge in [0, 0.05) is 6.54 Å². The van der Waals surface area contributed by atoms with Crippen molar-refractivity contribution in [3.05, 3.63) is 0 Å². The normalized spacial score (nSPS) is 25.8. The molecule has 17 heavy (non-hydrogen) atoms. The molecule has 0 aromatic rings. The Morgan fingerprint density at radius 3 is 2.47 bits per heavy atom. The number of nitrogens with one attached hydrogen (secondary N) is 2. The second-order valence-corrected chi connectivity index (χ2v) is 5.03. The molecule has 1 aliphatic carbocycles. The summed E-state index contributed by atoms with van der Waals surface area (Å²) in [5.41, 5.74) is 0. The topological polar surface area (TPSA) is 78.4 Å². The highest BCUT2D eigenvalue weighted by Gasteiger charge is 2.33. The molecule has 3 N–H and O–H groups in total. The lowest BCUT2D eigenvalue weighted by atomic mass is 9.99. The molecule has 0 bridgehead atoms. The number of carbonyl (C=O) groups excluding carboxylic acids is 1. The minimum atomic E-state index is -0.978. The van der Waals surface area contributed by atoms with E-state index in [9.17, 15) is 9.59 Å². The largest absolute Gasteiger partial charge is 0.480 e. The van der Waals surface area contributed by atoms with Crippen LogP contribution in [0.3, 0.4) is 0 Å². The minimum Gasteiger partial charge on any atom is -0.480 e. The summed E-state index contributed by atoms with van der Waals surface area (Å²) in [6.45, 7) is 6.51. The van der Waals surface area contributed by atoms with Crippen LogP contribution in [-0.4, -0.2) is 29.7 Å². The van der Waals surface area contributed by atoms with Gasteiger partial charge in [0.05, 0.1) is 0 Å². The molecule has 5 nitrogen and oxygen atoms in total. The van der Waals surface area contributed by atoms with E-state index in [1.165, 1.54) is 0 Å². The second-order valence-electron chi connectivity index (χ2n) is 5.03. The fraction of sp³-hybridized carbons (Fsp3) is 0.833. The number of aliphatic carboxylic acids is 1. The number of urea groups is 1. The van der Waals surface area contributed by atoms with E-state index in [1.54, 1.807) is 0 Å². The van der Waals surface area contributed by atoms with Gasteiger partial charge in [0.15, 0.2) is 0 Å². The van der Waals surface area contributed by atoms with E-state index in [4.69, 9.17) is 5.11 Å². The Morgan fingerprint density at radius 2 is 2.06 bits per heavy atom. The lowest BCUT2D eigenvalue weighted by molar-refractivity contribution is -0.140. The van der Waals surface area contributed by atoms with Crippen LogP contribution in [0, 0.1) is 17.8 Å². The number of hydrogen-bond acceptors (Lipinski definition) is 2. The zero-order valence-electron chi connectivity index (χ0n) is 10.7. The maximum Gasteiger partial charge on any atom is 0.326 e. The minimum absolute atomic E-state index is 0.0712. The number of carbonyl (C=O) groups is 2. The van der Waals surface area contributed by atoms with E-state index in [2.05, 4.69) is 17.6 Å². The van der Waals surface area contributed by atoms with E-state index in [0.717, 1.165) is 12.8 Å². The summed E-state index contributed by atoms with van der Waals surface area (Å²) in [6.07, 6.45) is 1.87. The first-order chi connectivity index (χ1) is 7.95. The quantitative estimate of drug-likeness (QED) is 0.659. The summed E-state index contributed by atoms with van der Waals surface area (Å²) in [6, 6.07) is -1.19. The van der Waals surface area contributed by atoms with Gasteiger partial charge in [-0.25, -0.2) is 9.59 Å². The van der Waals surface area contributed by atoms with Crippen LogP contribution in [0.15, 0.2) is 0 Å². The molecule has 2 amide bonds. The van der Waals surface area contributed by atoms with Crippen LogP contribution in [0.2, 0.25) is 0 Å². The Hall–Kier alpha value is -1.26. The zero-order chi connectivity index (χ0) is 13.0. The van der Waals surface area contributed by atoms with Crippen molar-refractivity contribution in [3.8, 4) is 0 Å². The Balaban J connectivity index is 2.33. The Kier molecular flexibility index (Phi) is 4.78. The summed E-state index contributed by atoms with van der Waals surface area (Å²) in [7, 11) is 0. The first-order valence-electron chi connectivity index (χ1n) is 6.22. The van der Waals surface area contributed by atoms with Crippen molar-refractivity contribution < 1.29 is 14.7 Å². The lowest BCUT2D eigenvalue weighted by Crippen LogP contribution is -2.49.